The van der Waals surface area contributed by atoms with Crippen molar-refractivity contribution in [3.05, 3.63) is 83.2 Å². The fourth-order valence-electron chi connectivity index (χ4n) is 5.56. The number of fused-ring (bicyclic) bond motifs is 1. The molecule has 1 saturated heterocycles. The van der Waals surface area contributed by atoms with E-state index >= 15 is 4.57 Å². The van der Waals surface area contributed by atoms with Gasteiger partial charge in [-0.25, -0.2) is 9.06 Å². The van der Waals surface area contributed by atoms with Crippen LogP contribution in [-0.4, -0.2) is 50.0 Å². The average molecular weight is 605 g/mol. The molecule has 2 N–H and O–H groups in total. The number of morpholine rings is 1. The van der Waals surface area contributed by atoms with Crippen molar-refractivity contribution in [3.8, 4) is 0 Å². The van der Waals surface area contributed by atoms with Crippen LogP contribution >= 0.6 is 7.44 Å². The number of ether oxygens (including phenoxy) is 1. The zero-order valence-electron chi connectivity index (χ0n) is 23.8. The Labute approximate surface area is 242 Å². The Hall–Kier alpha value is -3.40. The molecule has 3 aromatic rings. The number of nitrogens with one attached hydrogen (secondary N) is 2. The van der Waals surface area contributed by atoms with Crippen LogP contribution < -0.4 is 20.6 Å². The van der Waals surface area contributed by atoms with Gasteiger partial charge in [0.25, 0.3) is 13.4 Å². The van der Waals surface area contributed by atoms with Gasteiger partial charge in [-0.2, -0.15) is 13.2 Å². The summed E-state index contributed by atoms with van der Waals surface area (Å²) in [6.45, 7) is 7.01. The Morgan fingerprint density at radius 2 is 1.67 bits per heavy atom. The molecular weight excluding hydrogens is 571 g/mol. The molecule has 12 heteroatoms. The van der Waals surface area contributed by atoms with E-state index in [1.54, 1.807) is 16.8 Å². The number of alkyl halides is 3. The van der Waals surface area contributed by atoms with E-state index in [0.717, 1.165) is 29.4 Å². The van der Waals surface area contributed by atoms with Gasteiger partial charge in [0.05, 0.1) is 35.5 Å². The Bertz CT molecular complexity index is 1540. The molecule has 2 aliphatic heterocycles. The van der Waals surface area contributed by atoms with Gasteiger partial charge in [-0.1, -0.05) is 26.0 Å². The van der Waals surface area contributed by atoms with E-state index < -0.39 is 36.3 Å². The van der Waals surface area contributed by atoms with Crippen LogP contribution in [0, 0.1) is 5.82 Å². The van der Waals surface area contributed by atoms with E-state index in [1.807, 2.05) is 20.9 Å². The fraction of sp³-hybridized carbons (Fsp3) is 0.367. The normalized spacial score (nSPS) is 20.1. The summed E-state index contributed by atoms with van der Waals surface area (Å²) in [4.78, 5) is 15.4. The van der Waals surface area contributed by atoms with Gasteiger partial charge in [-0.3, -0.25) is 9.36 Å². The van der Waals surface area contributed by atoms with Crippen molar-refractivity contribution in [2.24, 2.45) is 0 Å². The summed E-state index contributed by atoms with van der Waals surface area (Å²) in [6.07, 6.45) is -4.70. The van der Waals surface area contributed by atoms with E-state index in [-0.39, 0.29) is 54.6 Å². The third kappa shape index (κ3) is 5.41. The van der Waals surface area contributed by atoms with E-state index in [4.69, 9.17) is 4.74 Å². The van der Waals surface area contributed by atoms with Gasteiger partial charge in [-0.15, -0.1) is 0 Å². The first-order chi connectivity index (χ1) is 19.7. The van der Waals surface area contributed by atoms with Crippen LogP contribution in [0.25, 0.3) is 0 Å². The number of carbonyl (C=O) groups excluding carboxylic acids is 1. The molecule has 42 heavy (non-hydrogen) atoms. The van der Waals surface area contributed by atoms with Crippen LogP contribution in [0.4, 0.5) is 34.6 Å². The predicted molar refractivity (Wildman–Crippen MR) is 156 cm³/mol. The predicted octanol–water partition coefficient (Wildman–Crippen LogP) is 6.48. The Morgan fingerprint density at radius 1 is 1.02 bits per heavy atom. The molecule has 1 fully saturated rings. The lowest BCUT2D eigenvalue weighted by atomic mass is 9.81. The molecule has 2 atom stereocenters. The second kappa shape index (κ2) is 11.0. The number of hydrogen-bond acceptors (Lipinski definition) is 4. The molecule has 0 radical (unpaired) electrons. The lowest BCUT2D eigenvalue weighted by Gasteiger charge is -2.37. The maximum Gasteiger partial charge on any atom is 0.418 e. The minimum absolute atomic E-state index is 0.0325. The van der Waals surface area contributed by atoms with Crippen molar-refractivity contribution in [1.82, 2.24) is 4.67 Å². The molecule has 0 aromatic heterocycles. The first kappa shape index (κ1) is 30.1. The van der Waals surface area contributed by atoms with Crippen molar-refractivity contribution in [2.45, 2.75) is 38.4 Å². The maximum atomic E-state index is 15.4. The SMILES string of the molecule is C[C@H]1N(C)c2cc(NC(=O)c3ccc(F)cc3)c([P@@](=O)(Nc3ccccc3C(F)(F)F)N3CCOCC3)cc2C1(C)C. The zero-order chi connectivity index (χ0) is 30.4. The highest BCUT2D eigenvalue weighted by molar-refractivity contribution is 7.71. The number of amides is 1. The third-order valence-corrected chi connectivity index (χ3v) is 11.1. The fourth-order valence-corrected chi connectivity index (χ4v) is 8.12. The van der Waals surface area contributed by atoms with Crippen molar-refractivity contribution in [2.75, 3.05) is 48.7 Å². The van der Waals surface area contributed by atoms with Gasteiger partial charge < -0.3 is 20.0 Å². The minimum atomic E-state index is -4.70. The van der Waals surface area contributed by atoms with Crippen LogP contribution in [0.5, 0.6) is 0 Å². The number of anilines is 3. The minimum Gasteiger partial charge on any atom is -0.379 e. The summed E-state index contributed by atoms with van der Waals surface area (Å²) in [6, 6.07) is 13.4. The highest BCUT2D eigenvalue weighted by Gasteiger charge is 2.45. The Balaban J connectivity index is 1.71. The van der Waals surface area contributed by atoms with Crippen LogP contribution in [0.3, 0.4) is 0 Å². The molecule has 0 bridgehead atoms. The molecule has 0 spiro atoms. The zero-order valence-corrected chi connectivity index (χ0v) is 24.7. The van der Waals surface area contributed by atoms with Gasteiger partial charge in [0.2, 0.25) is 0 Å². The monoisotopic (exact) mass is 604 g/mol. The lowest BCUT2D eigenvalue weighted by Crippen LogP contribution is -2.40. The van der Waals surface area contributed by atoms with Gasteiger partial charge in [0.15, 0.2) is 0 Å². The quantitative estimate of drug-likeness (QED) is 0.248. The highest BCUT2D eigenvalue weighted by atomic mass is 31.2. The summed E-state index contributed by atoms with van der Waals surface area (Å²) in [5, 5.41) is 5.82. The second-order valence-corrected chi connectivity index (χ2v) is 13.6. The number of likely N-dealkylation sites (N-methyl/N-ethyl adjacent to an activating group) is 1. The third-order valence-electron chi connectivity index (χ3n) is 8.38. The van der Waals surface area contributed by atoms with Crippen molar-refractivity contribution >= 4 is 35.7 Å². The van der Waals surface area contributed by atoms with Crippen molar-refractivity contribution in [3.63, 3.8) is 0 Å². The molecule has 0 aliphatic carbocycles. The maximum absolute atomic E-state index is 15.4. The molecule has 0 unspecified atom stereocenters. The standard InChI is InChI=1S/C30H33F4N4O3P/c1-19-29(2,3)23-17-27(25(18-26(23)37(19)4)35-28(39)20-9-11-21(31)12-10-20)42(40,38-13-15-41-16-14-38)36-24-8-6-5-7-22(24)30(32,33)34/h5-12,17-19H,13-16H2,1-4H3,(H,35,39)(H,36,40)/t19-,42-/m1/s1. The lowest BCUT2D eigenvalue weighted by molar-refractivity contribution is -0.136. The number of nitrogens with zero attached hydrogens (tertiary/aromatic N) is 2. The smallest absolute Gasteiger partial charge is 0.379 e. The first-order valence-corrected chi connectivity index (χ1v) is 15.3. The molecule has 1 amide bonds. The second-order valence-electron chi connectivity index (χ2n) is 11.2. The molecule has 3 aromatic carbocycles. The summed E-state index contributed by atoms with van der Waals surface area (Å²) in [5.41, 5.74) is 0.318. The van der Waals surface area contributed by atoms with E-state index in [2.05, 4.69) is 22.2 Å². The van der Waals surface area contributed by atoms with E-state index in [1.165, 1.54) is 30.3 Å². The number of carbonyl (C=O) groups is 1. The molecule has 0 saturated carbocycles. The number of para-hydroxylation sites is 1. The Morgan fingerprint density at radius 3 is 2.31 bits per heavy atom. The van der Waals surface area contributed by atoms with Gasteiger partial charge in [0, 0.05) is 42.8 Å². The Kier molecular flexibility index (Phi) is 7.89. The number of rotatable bonds is 6. The van der Waals surface area contributed by atoms with Crippen molar-refractivity contribution in [1.29, 1.82) is 0 Å². The average Bonchev–Trinajstić information content (AvgIpc) is 3.12. The van der Waals surface area contributed by atoms with E-state index in [9.17, 15) is 22.4 Å². The van der Waals surface area contributed by atoms with Crippen LogP contribution in [0.1, 0.15) is 42.3 Å². The summed E-state index contributed by atoms with van der Waals surface area (Å²) in [7, 11) is -2.16. The molecule has 7 nitrogen and oxygen atoms in total. The van der Waals surface area contributed by atoms with Gasteiger partial charge >= 0.3 is 6.18 Å². The van der Waals surface area contributed by atoms with Crippen LogP contribution in [0.2, 0.25) is 0 Å². The van der Waals surface area contributed by atoms with Crippen LogP contribution in [-0.2, 0) is 20.9 Å². The molecular formula is C30H33F4N4O3P. The summed E-state index contributed by atoms with van der Waals surface area (Å²) >= 11 is 0. The molecule has 2 heterocycles. The van der Waals surface area contributed by atoms with E-state index in [0.29, 0.717) is 0 Å². The first-order valence-electron chi connectivity index (χ1n) is 13.6. The van der Waals surface area contributed by atoms with Gasteiger partial charge in [0.1, 0.15) is 5.82 Å². The summed E-state index contributed by atoms with van der Waals surface area (Å²) < 4.78 is 78.1. The highest BCUT2D eigenvalue weighted by Crippen LogP contribution is 2.55. The topological polar surface area (TPSA) is 73.9 Å². The molecule has 224 valence electrons. The molecule has 2 aliphatic rings. The number of halogens is 4. The van der Waals surface area contributed by atoms with Crippen molar-refractivity contribution < 1.29 is 31.7 Å². The molecule has 5 rings (SSSR count). The summed E-state index contributed by atoms with van der Waals surface area (Å²) in [5.74, 6) is -1.08. The number of hydrogen-bond donors (Lipinski definition) is 2. The van der Waals surface area contributed by atoms with Crippen LogP contribution in [0.15, 0.2) is 60.7 Å². The largest absolute Gasteiger partial charge is 0.418 e. The van der Waals surface area contributed by atoms with Gasteiger partial charge in [-0.05, 0) is 61.0 Å². The number of benzene rings is 3.